The summed E-state index contributed by atoms with van der Waals surface area (Å²) in [5.74, 6) is -1.97. The standard InChI is InChI=1S/C23H15FN2O4/c24-16-8-6-7-15(13-16)20(27)14-30-23(29)21-18-11-4-5-12-19(18)22(28)26(25-21)17-9-2-1-3-10-17/h1-13H,14H2. The number of ketones is 1. The molecule has 0 bridgehead atoms. The van der Waals surface area contributed by atoms with Gasteiger partial charge in [0.15, 0.2) is 18.1 Å². The molecule has 0 aliphatic heterocycles. The summed E-state index contributed by atoms with van der Waals surface area (Å²) in [5, 5.41) is 4.80. The first kappa shape index (κ1) is 19.2. The van der Waals surface area contributed by atoms with Crippen molar-refractivity contribution < 1.29 is 18.7 Å². The average Bonchev–Trinajstić information content (AvgIpc) is 2.78. The number of fused-ring (bicyclic) bond motifs is 1. The lowest BCUT2D eigenvalue weighted by atomic mass is 10.1. The van der Waals surface area contributed by atoms with E-state index in [0.29, 0.717) is 16.5 Å². The fourth-order valence-electron chi connectivity index (χ4n) is 3.03. The first-order chi connectivity index (χ1) is 14.5. The van der Waals surface area contributed by atoms with E-state index in [4.69, 9.17) is 4.74 Å². The Kier molecular flexibility index (Phi) is 5.17. The van der Waals surface area contributed by atoms with E-state index in [-0.39, 0.29) is 16.8 Å². The van der Waals surface area contributed by atoms with Gasteiger partial charge in [-0.15, -0.1) is 0 Å². The summed E-state index contributed by atoms with van der Waals surface area (Å²) in [7, 11) is 0. The lowest BCUT2D eigenvalue weighted by Gasteiger charge is -2.11. The normalized spacial score (nSPS) is 10.7. The molecule has 0 radical (unpaired) electrons. The SMILES string of the molecule is O=C(COC(=O)c1nn(-c2ccccc2)c(=O)c2ccccc12)c1cccc(F)c1. The van der Waals surface area contributed by atoms with Crippen LogP contribution in [0.1, 0.15) is 20.8 Å². The highest BCUT2D eigenvalue weighted by Gasteiger charge is 2.20. The highest BCUT2D eigenvalue weighted by atomic mass is 19.1. The number of hydrogen-bond acceptors (Lipinski definition) is 5. The number of para-hydroxylation sites is 1. The Morgan fingerprint density at radius 1 is 0.900 bits per heavy atom. The number of esters is 1. The highest BCUT2D eigenvalue weighted by Crippen LogP contribution is 2.16. The van der Waals surface area contributed by atoms with Crippen LogP contribution >= 0.6 is 0 Å². The second-order valence-corrected chi connectivity index (χ2v) is 6.46. The molecule has 1 heterocycles. The maximum atomic E-state index is 13.3. The summed E-state index contributed by atoms with van der Waals surface area (Å²) in [6.45, 7) is -0.581. The van der Waals surface area contributed by atoms with Crippen molar-refractivity contribution >= 4 is 22.5 Å². The van der Waals surface area contributed by atoms with Crippen molar-refractivity contribution in [2.45, 2.75) is 0 Å². The molecule has 0 atom stereocenters. The molecule has 30 heavy (non-hydrogen) atoms. The van der Waals surface area contributed by atoms with E-state index < -0.39 is 24.2 Å². The quantitative estimate of drug-likeness (QED) is 0.377. The van der Waals surface area contributed by atoms with Crippen molar-refractivity contribution in [3.63, 3.8) is 0 Å². The van der Waals surface area contributed by atoms with E-state index in [1.165, 1.54) is 18.2 Å². The number of halogens is 1. The zero-order valence-electron chi connectivity index (χ0n) is 15.6. The second-order valence-electron chi connectivity index (χ2n) is 6.46. The van der Waals surface area contributed by atoms with Crippen molar-refractivity contribution in [1.29, 1.82) is 0 Å². The largest absolute Gasteiger partial charge is 0.452 e. The lowest BCUT2D eigenvalue weighted by Crippen LogP contribution is -2.25. The minimum Gasteiger partial charge on any atom is -0.452 e. The maximum absolute atomic E-state index is 13.3. The van der Waals surface area contributed by atoms with Crippen LogP contribution in [-0.2, 0) is 4.74 Å². The minimum atomic E-state index is -0.861. The summed E-state index contributed by atoms with van der Waals surface area (Å²) < 4.78 is 19.6. The van der Waals surface area contributed by atoms with E-state index in [9.17, 15) is 18.8 Å². The van der Waals surface area contributed by atoms with E-state index in [1.54, 1.807) is 54.6 Å². The van der Waals surface area contributed by atoms with Crippen LogP contribution in [0.15, 0.2) is 83.7 Å². The summed E-state index contributed by atoms with van der Waals surface area (Å²) in [6, 6.07) is 20.3. The summed E-state index contributed by atoms with van der Waals surface area (Å²) in [5.41, 5.74) is 0.0956. The van der Waals surface area contributed by atoms with Gasteiger partial charge in [-0.3, -0.25) is 9.59 Å². The average molecular weight is 402 g/mol. The third-order valence-corrected chi connectivity index (χ3v) is 4.48. The molecular formula is C23H15FN2O4. The van der Waals surface area contributed by atoms with Gasteiger partial charge >= 0.3 is 5.97 Å². The van der Waals surface area contributed by atoms with Crippen LogP contribution in [-0.4, -0.2) is 28.1 Å². The second kappa shape index (κ2) is 8.08. The molecular weight excluding hydrogens is 387 g/mol. The Morgan fingerprint density at radius 2 is 1.60 bits per heavy atom. The number of carbonyl (C=O) groups excluding carboxylic acids is 2. The van der Waals surface area contributed by atoms with Gasteiger partial charge in [0.05, 0.1) is 11.1 Å². The predicted molar refractivity (Wildman–Crippen MR) is 108 cm³/mol. The first-order valence-electron chi connectivity index (χ1n) is 9.08. The molecule has 0 amide bonds. The van der Waals surface area contributed by atoms with Gasteiger partial charge in [0.1, 0.15) is 5.82 Å². The zero-order valence-corrected chi connectivity index (χ0v) is 15.6. The van der Waals surface area contributed by atoms with Crippen molar-refractivity contribution in [2.24, 2.45) is 0 Å². The van der Waals surface area contributed by atoms with Crippen LogP contribution < -0.4 is 5.56 Å². The Hall–Kier alpha value is -4.13. The number of nitrogens with zero attached hydrogens (tertiary/aromatic N) is 2. The zero-order chi connectivity index (χ0) is 21.1. The third kappa shape index (κ3) is 3.73. The minimum absolute atomic E-state index is 0.0925. The third-order valence-electron chi connectivity index (χ3n) is 4.48. The Bertz CT molecular complexity index is 1320. The molecule has 0 unspecified atom stereocenters. The van der Waals surface area contributed by atoms with Gasteiger partial charge in [0.25, 0.3) is 5.56 Å². The molecule has 0 saturated carbocycles. The van der Waals surface area contributed by atoms with E-state index in [1.807, 2.05) is 0 Å². The van der Waals surface area contributed by atoms with Crippen molar-refractivity contribution in [3.8, 4) is 5.69 Å². The molecule has 0 aliphatic carbocycles. The Morgan fingerprint density at radius 3 is 2.33 bits per heavy atom. The van der Waals surface area contributed by atoms with Crippen LogP contribution in [0.3, 0.4) is 0 Å². The summed E-state index contributed by atoms with van der Waals surface area (Å²) >= 11 is 0. The fraction of sp³-hybridized carbons (Fsp3) is 0.0435. The van der Waals surface area contributed by atoms with Crippen LogP contribution in [0.2, 0.25) is 0 Å². The molecule has 0 aliphatic rings. The van der Waals surface area contributed by atoms with Crippen LogP contribution in [0.25, 0.3) is 16.5 Å². The molecule has 0 saturated heterocycles. The van der Waals surface area contributed by atoms with Gasteiger partial charge in [-0.1, -0.05) is 48.5 Å². The van der Waals surface area contributed by atoms with Gasteiger partial charge in [-0.25, -0.2) is 9.18 Å². The lowest BCUT2D eigenvalue weighted by molar-refractivity contribution is 0.0469. The van der Waals surface area contributed by atoms with Crippen molar-refractivity contribution in [3.05, 3.63) is 106 Å². The number of Topliss-reactive ketones (excluding diaryl/α,β-unsaturated/α-hetero) is 1. The number of ether oxygens (including phenoxy) is 1. The molecule has 0 fully saturated rings. The van der Waals surface area contributed by atoms with Crippen molar-refractivity contribution in [1.82, 2.24) is 9.78 Å². The molecule has 148 valence electrons. The topological polar surface area (TPSA) is 78.3 Å². The van der Waals surface area contributed by atoms with Crippen LogP contribution in [0.4, 0.5) is 4.39 Å². The predicted octanol–water partition coefficient (Wildman–Crippen LogP) is 3.56. The smallest absolute Gasteiger partial charge is 0.359 e. The Balaban J connectivity index is 1.69. The molecule has 4 rings (SSSR count). The summed E-state index contributed by atoms with van der Waals surface area (Å²) in [6.07, 6.45) is 0. The number of hydrogen-bond donors (Lipinski definition) is 0. The van der Waals surface area contributed by atoms with Gasteiger partial charge in [0, 0.05) is 10.9 Å². The van der Waals surface area contributed by atoms with Gasteiger partial charge in [0.2, 0.25) is 0 Å². The number of rotatable bonds is 5. The van der Waals surface area contributed by atoms with Crippen LogP contribution in [0.5, 0.6) is 0 Å². The highest BCUT2D eigenvalue weighted by molar-refractivity contribution is 6.04. The van der Waals surface area contributed by atoms with Gasteiger partial charge in [-0.05, 0) is 30.3 Å². The first-order valence-corrected chi connectivity index (χ1v) is 9.08. The van der Waals surface area contributed by atoms with E-state index >= 15 is 0 Å². The van der Waals surface area contributed by atoms with Crippen molar-refractivity contribution in [2.75, 3.05) is 6.61 Å². The molecule has 1 aromatic heterocycles. The van der Waals surface area contributed by atoms with E-state index in [2.05, 4.69) is 5.10 Å². The summed E-state index contributed by atoms with van der Waals surface area (Å²) in [4.78, 5) is 37.8. The van der Waals surface area contributed by atoms with Gasteiger partial charge in [-0.2, -0.15) is 9.78 Å². The van der Waals surface area contributed by atoms with E-state index in [0.717, 1.165) is 10.7 Å². The molecule has 0 spiro atoms. The number of aromatic nitrogens is 2. The monoisotopic (exact) mass is 402 g/mol. The van der Waals surface area contributed by atoms with Gasteiger partial charge < -0.3 is 4.74 Å². The Labute approximate surface area is 170 Å². The molecule has 4 aromatic rings. The van der Waals surface area contributed by atoms with Crippen LogP contribution in [0, 0.1) is 5.82 Å². The number of carbonyl (C=O) groups is 2. The molecule has 0 N–H and O–H groups in total. The fourth-order valence-corrected chi connectivity index (χ4v) is 3.03. The molecule has 6 nitrogen and oxygen atoms in total. The molecule has 3 aromatic carbocycles. The number of benzene rings is 3. The molecule has 7 heteroatoms. The maximum Gasteiger partial charge on any atom is 0.359 e.